The van der Waals surface area contributed by atoms with Crippen LogP contribution in [0.5, 0.6) is 0 Å². The minimum atomic E-state index is -0.248. The Balaban J connectivity index is 1.47. The summed E-state index contributed by atoms with van der Waals surface area (Å²) in [5.74, 6) is 0.922. The van der Waals surface area contributed by atoms with Crippen LogP contribution in [-0.4, -0.2) is 45.5 Å². The van der Waals surface area contributed by atoms with Crippen LogP contribution in [0.2, 0.25) is 0 Å². The third-order valence-electron chi connectivity index (χ3n) is 3.74. The number of furan rings is 1. The molecule has 0 radical (unpaired) electrons. The third kappa shape index (κ3) is 5.45. The number of carbonyl (C=O) groups is 2. The first-order chi connectivity index (χ1) is 13.1. The van der Waals surface area contributed by atoms with Crippen molar-refractivity contribution >= 4 is 23.6 Å². The lowest BCUT2D eigenvalue weighted by Gasteiger charge is -2.17. The molecule has 0 unspecified atom stereocenters. The van der Waals surface area contributed by atoms with Crippen molar-refractivity contribution in [2.24, 2.45) is 0 Å². The standard InChI is InChI=1S/C18H19N5O3S/c1-23(10-16(24)19-9-15-3-2-8-26-15)17(25)14-6-4-13(5-7-14)11-27-18-20-12-21-22-18/h2-8,12H,9-11H2,1H3,(H,19,24)(H,20,21,22). The van der Waals surface area contributed by atoms with Crippen LogP contribution in [0, 0.1) is 0 Å². The number of nitrogens with zero attached hydrogens (tertiary/aromatic N) is 3. The Morgan fingerprint density at radius 3 is 2.74 bits per heavy atom. The van der Waals surface area contributed by atoms with E-state index in [1.807, 2.05) is 12.1 Å². The van der Waals surface area contributed by atoms with Crippen molar-refractivity contribution < 1.29 is 14.0 Å². The fourth-order valence-corrected chi connectivity index (χ4v) is 3.06. The van der Waals surface area contributed by atoms with Crippen LogP contribution >= 0.6 is 11.8 Å². The Bertz CT molecular complexity index is 863. The smallest absolute Gasteiger partial charge is 0.254 e. The fraction of sp³-hybridized carbons (Fsp3) is 0.222. The largest absolute Gasteiger partial charge is 0.467 e. The van der Waals surface area contributed by atoms with Crippen LogP contribution in [0.1, 0.15) is 21.7 Å². The lowest BCUT2D eigenvalue weighted by atomic mass is 10.1. The van der Waals surface area contributed by atoms with Crippen LogP contribution in [0.25, 0.3) is 0 Å². The first-order valence-corrected chi connectivity index (χ1v) is 9.22. The normalized spacial score (nSPS) is 10.6. The number of rotatable bonds is 8. The van der Waals surface area contributed by atoms with E-state index in [1.165, 1.54) is 23.0 Å². The molecule has 0 bridgehead atoms. The number of thioether (sulfide) groups is 1. The van der Waals surface area contributed by atoms with Gasteiger partial charge >= 0.3 is 0 Å². The van der Waals surface area contributed by atoms with E-state index in [-0.39, 0.29) is 18.4 Å². The maximum absolute atomic E-state index is 12.5. The lowest BCUT2D eigenvalue weighted by molar-refractivity contribution is -0.121. The molecule has 8 nitrogen and oxygen atoms in total. The zero-order valence-corrected chi connectivity index (χ0v) is 15.5. The zero-order chi connectivity index (χ0) is 19.1. The van der Waals surface area contributed by atoms with E-state index in [0.29, 0.717) is 23.6 Å². The van der Waals surface area contributed by atoms with Crippen molar-refractivity contribution in [3.8, 4) is 0 Å². The number of hydrogen-bond donors (Lipinski definition) is 2. The van der Waals surface area contributed by atoms with Crippen LogP contribution in [0.15, 0.2) is 58.6 Å². The first-order valence-electron chi connectivity index (χ1n) is 8.23. The highest BCUT2D eigenvalue weighted by Crippen LogP contribution is 2.18. The SMILES string of the molecule is CN(CC(=O)NCc1ccco1)C(=O)c1ccc(CSc2ncn[nH]2)cc1. The minimum Gasteiger partial charge on any atom is -0.467 e. The molecule has 2 amide bonds. The van der Waals surface area contributed by atoms with E-state index >= 15 is 0 Å². The molecule has 0 aliphatic carbocycles. The van der Waals surface area contributed by atoms with Crippen molar-refractivity contribution in [2.75, 3.05) is 13.6 Å². The Morgan fingerprint density at radius 1 is 1.26 bits per heavy atom. The van der Waals surface area contributed by atoms with Crippen molar-refractivity contribution in [1.82, 2.24) is 25.4 Å². The van der Waals surface area contributed by atoms with Gasteiger partial charge in [0.15, 0.2) is 5.16 Å². The van der Waals surface area contributed by atoms with E-state index in [1.54, 1.807) is 37.6 Å². The van der Waals surface area contributed by atoms with Gasteiger partial charge in [0.1, 0.15) is 12.1 Å². The molecule has 3 rings (SSSR count). The van der Waals surface area contributed by atoms with E-state index in [0.717, 1.165) is 10.7 Å². The summed E-state index contributed by atoms with van der Waals surface area (Å²) in [5, 5.41) is 10.0. The number of benzene rings is 1. The van der Waals surface area contributed by atoms with E-state index in [9.17, 15) is 9.59 Å². The lowest BCUT2D eigenvalue weighted by Crippen LogP contribution is -2.38. The van der Waals surface area contributed by atoms with Gasteiger partial charge in [-0.3, -0.25) is 14.7 Å². The summed E-state index contributed by atoms with van der Waals surface area (Å²) in [7, 11) is 1.60. The summed E-state index contributed by atoms with van der Waals surface area (Å²) in [6.45, 7) is 0.272. The molecule has 0 fully saturated rings. The number of hydrogen-bond acceptors (Lipinski definition) is 6. The maximum atomic E-state index is 12.5. The second-order valence-electron chi connectivity index (χ2n) is 5.79. The summed E-state index contributed by atoms with van der Waals surface area (Å²) >= 11 is 1.53. The van der Waals surface area contributed by atoms with Crippen LogP contribution in [0.3, 0.4) is 0 Å². The zero-order valence-electron chi connectivity index (χ0n) is 14.7. The monoisotopic (exact) mass is 385 g/mol. The number of aromatic nitrogens is 3. The molecule has 0 atom stereocenters. The number of likely N-dealkylation sites (N-methyl/N-ethyl adjacent to an activating group) is 1. The highest BCUT2D eigenvalue weighted by molar-refractivity contribution is 7.98. The van der Waals surface area contributed by atoms with Gasteiger partial charge < -0.3 is 14.6 Å². The molecule has 3 aromatic rings. The second-order valence-corrected chi connectivity index (χ2v) is 6.76. The van der Waals surface area contributed by atoms with Crippen LogP contribution in [-0.2, 0) is 17.1 Å². The molecule has 0 aliphatic heterocycles. The summed E-state index contributed by atoms with van der Waals surface area (Å²) in [6.07, 6.45) is 3.01. The van der Waals surface area contributed by atoms with Crippen LogP contribution < -0.4 is 5.32 Å². The molecular weight excluding hydrogens is 366 g/mol. The van der Waals surface area contributed by atoms with Crippen molar-refractivity contribution in [3.05, 3.63) is 65.9 Å². The number of aromatic amines is 1. The molecule has 2 N–H and O–H groups in total. The summed E-state index contributed by atoms with van der Waals surface area (Å²) in [4.78, 5) is 29.9. The number of carbonyl (C=O) groups excluding carboxylic acids is 2. The summed E-state index contributed by atoms with van der Waals surface area (Å²) in [6, 6.07) is 10.8. The molecule has 1 aromatic carbocycles. The van der Waals surface area contributed by atoms with Crippen molar-refractivity contribution in [3.63, 3.8) is 0 Å². The molecule has 2 aromatic heterocycles. The average Bonchev–Trinajstić information content (AvgIpc) is 3.38. The molecule has 9 heteroatoms. The maximum Gasteiger partial charge on any atom is 0.254 e. The quantitative estimate of drug-likeness (QED) is 0.575. The van der Waals surface area contributed by atoms with E-state index in [4.69, 9.17) is 4.42 Å². The Labute approximate surface area is 160 Å². The topological polar surface area (TPSA) is 104 Å². The number of nitrogens with one attached hydrogen (secondary N) is 2. The van der Waals surface area contributed by atoms with Crippen LogP contribution in [0.4, 0.5) is 0 Å². The van der Waals surface area contributed by atoms with Gasteiger partial charge in [0, 0.05) is 18.4 Å². The third-order valence-corrected chi connectivity index (χ3v) is 4.68. The molecule has 2 heterocycles. The van der Waals surface area contributed by atoms with Crippen molar-refractivity contribution in [2.45, 2.75) is 17.5 Å². The molecule has 0 spiro atoms. The Kier molecular flexibility index (Phi) is 6.26. The van der Waals surface area contributed by atoms with Gasteiger partial charge in [-0.15, -0.1) is 0 Å². The predicted molar refractivity (Wildman–Crippen MR) is 99.9 cm³/mol. The number of H-pyrrole nitrogens is 1. The highest BCUT2D eigenvalue weighted by Gasteiger charge is 2.15. The van der Waals surface area contributed by atoms with Crippen molar-refractivity contribution in [1.29, 1.82) is 0 Å². The summed E-state index contributed by atoms with van der Waals surface area (Å²) in [5.41, 5.74) is 1.59. The van der Waals surface area contributed by atoms with E-state index < -0.39 is 0 Å². The van der Waals surface area contributed by atoms with E-state index in [2.05, 4.69) is 20.5 Å². The van der Waals surface area contributed by atoms with Gasteiger partial charge in [-0.25, -0.2) is 4.98 Å². The number of amides is 2. The van der Waals surface area contributed by atoms with Gasteiger partial charge in [0.05, 0.1) is 19.4 Å². The molecule has 0 aliphatic rings. The molecular formula is C18H19N5O3S. The van der Waals surface area contributed by atoms with Gasteiger partial charge in [-0.1, -0.05) is 23.9 Å². The molecule has 140 valence electrons. The molecule has 27 heavy (non-hydrogen) atoms. The van der Waals surface area contributed by atoms with Gasteiger partial charge in [0.25, 0.3) is 5.91 Å². The molecule has 0 saturated heterocycles. The highest BCUT2D eigenvalue weighted by atomic mass is 32.2. The average molecular weight is 385 g/mol. The second kappa shape index (κ2) is 9.04. The van der Waals surface area contributed by atoms with Gasteiger partial charge in [-0.05, 0) is 29.8 Å². The predicted octanol–water partition coefficient (Wildman–Crippen LogP) is 2.08. The Morgan fingerprint density at radius 2 is 2.07 bits per heavy atom. The molecule has 0 saturated carbocycles. The first kappa shape index (κ1) is 18.7. The van der Waals surface area contributed by atoms with Gasteiger partial charge in [0.2, 0.25) is 5.91 Å². The Hall–Kier alpha value is -3.07. The van der Waals surface area contributed by atoms with Gasteiger partial charge in [-0.2, -0.15) is 5.10 Å². The minimum absolute atomic E-state index is 0.0252. The summed E-state index contributed by atoms with van der Waals surface area (Å²) < 4.78 is 5.15. The fourth-order valence-electron chi connectivity index (χ4n) is 2.32.